The van der Waals surface area contributed by atoms with Crippen LogP contribution in [0.15, 0.2) is 36.8 Å². The van der Waals surface area contributed by atoms with E-state index in [0.29, 0.717) is 12.6 Å². The first-order valence-corrected chi connectivity index (χ1v) is 7.87. The lowest BCUT2D eigenvalue weighted by Crippen LogP contribution is -2.23. The Kier molecular flexibility index (Phi) is 3.46. The van der Waals surface area contributed by atoms with E-state index in [0.717, 1.165) is 29.7 Å². The van der Waals surface area contributed by atoms with E-state index >= 15 is 0 Å². The van der Waals surface area contributed by atoms with Crippen LogP contribution in [-0.4, -0.2) is 38.5 Å². The van der Waals surface area contributed by atoms with Crippen LogP contribution in [0.4, 0.5) is 5.82 Å². The largest absolute Gasteiger partial charge is 0.394 e. The number of rotatable bonds is 4. The first-order chi connectivity index (χ1) is 11.3. The van der Waals surface area contributed by atoms with Gasteiger partial charge in [-0.25, -0.2) is 14.6 Å². The number of hydrogen-bond donors (Lipinski definition) is 1. The van der Waals surface area contributed by atoms with Gasteiger partial charge in [0.1, 0.15) is 12.1 Å². The van der Waals surface area contributed by atoms with Crippen LogP contribution in [0.2, 0.25) is 0 Å². The molecule has 23 heavy (non-hydrogen) atoms. The third-order valence-electron chi connectivity index (χ3n) is 4.63. The number of benzene rings is 1. The van der Waals surface area contributed by atoms with Gasteiger partial charge >= 0.3 is 0 Å². The van der Waals surface area contributed by atoms with Crippen LogP contribution in [-0.2, 0) is 13.0 Å². The van der Waals surface area contributed by atoms with Gasteiger partial charge in [0, 0.05) is 7.05 Å². The number of aromatic nitrogens is 4. The quantitative estimate of drug-likeness (QED) is 0.798. The van der Waals surface area contributed by atoms with Crippen molar-refractivity contribution in [3.63, 3.8) is 0 Å². The van der Waals surface area contributed by atoms with Crippen LogP contribution >= 0.6 is 0 Å². The molecule has 2 aromatic heterocycles. The number of aryl methyl sites for hydroxylation is 1. The predicted molar refractivity (Wildman–Crippen MR) is 88.3 cm³/mol. The fourth-order valence-electron chi connectivity index (χ4n) is 3.50. The van der Waals surface area contributed by atoms with Crippen molar-refractivity contribution >= 4 is 16.9 Å². The van der Waals surface area contributed by atoms with Crippen molar-refractivity contribution in [2.45, 2.75) is 25.4 Å². The van der Waals surface area contributed by atoms with E-state index in [1.165, 1.54) is 11.1 Å². The SMILES string of the molecule is CN(c1ncnc2c1cnn2CCO)[C@@H]1CCc2ccccc21. The predicted octanol–water partition coefficient (Wildman–Crippen LogP) is 1.94. The molecule has 0 aliphatic heterocycles. The zero-order valence-electron chi connectivity index (χ0n) is 13.1. The van der Waals surface area contributed by atoms with Crippen LogP contribution in [0.5, 0.6) is 0 Å². The molecule has 0 unspecified atom stereocenters. The average molecular weight is 309 g/mol. The minimum absolute atomic E-state index is 0.0436. The van der Waals surface area contributed by atoms with Crippen molar-refractivity contribution in [2.24, 2.45) is 0 Å². The molecule has 1 aromatic carbocycles. The second-order valence-corrected chi connectivity index (χ2v) is 5.89. The van der Waals surface area contributed by atoms with Crippen molar-refractivity contribution < 1.29 is 5.11 Å². The second kappa shape index (κ2) is 5.62. The number of anilines is 1. The molecular weight excluding hydrogens is 290 g/mol. The molecule has 0 spiro atoms. The number of fused-ring (bicyclic) bond motifs is 2. The Labute approximate surface area is 134 Å². The molecule has 1 aliphatic rings. The van der Waals surface area contributed by atoms with Gasteiger partial charge in [-0.05, 0) is 24.0 Å². The molecule has 118 valence electrons. The maximum absolute atomic E-state index is 9.14. The van der Waals surface area contributed by atoms with E-state index in [9.17, 15) is 0 Å². The third kappa shape index (κ3) is 2.26. The molecule has 0 amide bonds. The van der Waals surface area contributed by atoms with Crippen molar-refractivity contribution in [1.29, 1.82) is 0 Å². The Bertz CT molecular complexity index is 844. The van der Waals surface area contributed by atoms with Gasteiger partial charge < -0.3 is 10.0 Å². The molecule has 0 saturated heterocycles. The highest BCUT2D eigenvalue weighted by atomic mass is 16.3. The lowest BCUT2D eigenvalue weighted by atomic mass is 10.1. The van der Waals surface area contributed by atoms with Gasteiger partial charge in [-0.15, -0.1) is 0 Å². The topological polar surface area (TPSA) is 67.1 Å². The Balaban J connectivity index is 1.75. The van der Waals surface area contributed by atoms with Gasteiger partial charge in [0.25, 0.3) is 0 Å². The Morgan fingerprint density at radius 1 is 1.30 bits per heavy atom. The fraction of sp³-hybridized carbons (Fsp3) is 0.353. The minimum Gasteiger partial charge on any atom is -0.394 e. The summed E-state index contributed by atoms with van der Waals surface area (Å²) in [7, 11) is 2.08. The second-order valence-electron chi connectivity index (χ2n) is 5.89. The van der Waals surface area contributed by atoms with Crippen LogP contribution in [0.25, 0.3) is 11.0 Å². The smallest absolute Gasteiger partial charge is 0.163 e. The maximum Gasteiger partial charge on any atom is 0.163 e. The summed E-state index contributed by atoms with van der Waals surface area (Å²) >= 11 is 0. The van der Waals surface area contributed by atoms with Gasteiger partial charge in [-0.3, -0.25) is 0 Å². The molecule has 1 aliphatic carbocycles. The molecule has 0 radical (unpaired) electrons. The molecule has 1 N–H and O–H groups in total. The van der Waals surface area contributed by atoms with Crippen LogP contribution in [0.3, 0.4) is 0 Å². The zero-order valence-corrected chi connectivity index (χ0v) is 13.1. The monoisotopic (exact) mass is 309 g/mol. The first kappa shape index (κ1) is 14.1. The number of nitrogens with zero attached hydrogens (tertiary/aromatic N) is 5. The summed E-state index contributed by atoms with van der Waals surface area (Å²) in [6, 6.07) is 8.93. The highest BCUT2D eigenvalue weighted by Gasteiger charge is 2.27. The molecule has 0 bridgehead atoms. The third-order valence-corrected chi connectivity index (χ3v) is 4.63. The molecule has 1 atom stereocenters. The Hall–Kier alpha value is -2.47. The maximum atomic E-state index is 9.14. The molecule has 0 fully saturated rings. The molecule has 6 nitrogen and oxygen atoms in total. The summed E-state index contributed by atoms with van der Waals surface area (Å²) in [4.78, 5) is 11.0. The van der Waals surface area contributed by atoms with E-state index in [2.05, 4.69) is 51.3 Å². The summed E-state index contributed by atoms with van der Waals surface area (Å²) in [5.74, 6) is 0.890. The molecule has 6 heteroatoms. The molecule has 3 aromatic rings. The lowest BCUT2D eigenvalue weighted by molar-refractivity contribution is 0.271. The van der Waals surface area contributed by atoms with Gasteiger partial charge in [-0.2, -0.15) is 5.10 Å². The zero-order chi connectivity index (χ0) is 15.8. The van der Waals surface area contributed by atoms with Gasteiger partial charge in [0.2, 0.25) is 0 Å². The average Bonchev–Trinajstić information content (AvgIpc) is 3.19. The standard InChI is InChI=1S/C17H19N5O/c1-21(15-7-6-12-4-2-3-5-13(12)15)16-14-10-20-22(8-9-23)17(14)19-11-18-16/h2-5,10-11,15,23H,6-9H2,1H3/t15-/m1/s1. The molecule has 4 rings (SSSR count). The number of hydrogen-bond acceptors (Lipinski definition) is 5. The fourth-order valence-corrected chi connectivity index (χ4v) is 3.50. The number of aliphatic hydroxyl groups excluding tert-OH is 1. The van der Waals surface area contributed by atoms with Gasteiger partial charge in [0.15, 0.2) is 5.65 Å². The molecular formula is C17H19N5O. The highest BCUT2D eigenvalue weighted by molar-refractivity contribution is 5.86. The van der Waals surface area contributed by atoms with Crippen LogP contribution < -0.4 is 4.90 Å². The van der Waals surface area contributed by atoms with Gasteiger partial charge in [-0.1, -0.05) is 24.3 Å². The molecule has 2 heterocycles. The van der Waals surface area contributed by atoms with Crippen molar-refractivity contribution in [3.8, 4) is 0 Å². The van der Waals surface area contributed by atoms with E-state index in [1.54, 1.807) is 17.2 Å². The summed E-state index contributed by atoms with van der Waals surface area (Å²) in [6.45, 7) is 0.484. The normalized spacial score (nSPS) is 16.7. The Morgan fingerprint density at radius 3 is 3.04 bits per heavy atom. The van der Waals surface area contributed by atoms with Crippen molar-refractivity contribution in [2.75, 3.05) is 18.6 Å². The Morgan fingerprint density at radius 2 is 2.17 bits per heavy atom. The molecule has 0 saturated carbocycles. The van der Waals surface area contributed by atoms with Gasteiger partial charge in [0.05, 0.1) is 30.8 Å². The first-order valence-electron chi connectivity index (χ1n) is 7.87. The van der Waals surface area contributed by atoms with E-state index in [-0.39, 0.29) is 6.61 Å². The highest BCUT2D eigenvalue weighted by Crippen LogP contribution is 2.38. The van der Waals surface area contributed by atoms with E-state index in [4.69, 9.17) is 5.11 Å². The minimum atomic E-state index is 0.0436. The lowest BCUT2D eigenvalue weighted by Gasteiger charge is -2.26. The summed E-state index contributed by atoms with van der Waals surface area (Å²) < 4.78 is 1.72. The number of aliphatic hydroxyl groups is 1. The van der Waals surface area contributed by atoms with Crippen LogP contribution in [0.1, 0.15) is 23.6 Å². The van der Waals surface area contributed by atoms with Crippen molar-refractivity contribution in [1.82, 2.24) is 19.7 Å². The van der Waals surface area contributed by atoms with E-state index < -0.39 is 0 Å². The van der Waals surface area contributed by atoms with E-state index in [1.807, 2.05) is 0 Å². The summed E-state index contributed by atoms with van der Waals surface area (Å²) in [5, 5.41) is 14.4. The van der Waals surface area contributed by atoms with Crippen molar-refractivity contribution in [3.05, 3.63) is 47.9 Å². The summed E-state index contributed by atoms with van der Waals surface area (Å²) in [5.41, 5.74) is 3.57. The summed E-state index contributed by atoms with van der Waals surface area (Å²) in [6.07, 6.45) is 5.55. The van der Waals surface area contributed by atoms with Crippen LogP contribution in [0, 0.1) is 0 Å².